The zero-order valence-corrected chi connectivity index (χ0v) is 19.7. The van der Waals surface area contributed by atoms with Gasteiger partial charge in [-0.3, -0.25) is 9.79 Å². The van der Waals surface area contributed by atoms with E-state index in [1.807, 2.05) is 47.9 Å². The summed E-state index contributed by atoms with van der Waals surface area (Å²) in [5.74, 6) is 1.82. The van der Waals surface area contributed by atoms with Crippen LogP contribution in [0.15, 0.2) is 67.8 Å². The van der Waals surface area contributed by atoms with Gasteiger partial charge in [0.05, 0.1) is 29.0 Å². The molecule has 1 aromatic heterocycles. The van der Waals surface area contributed by atoms with Gasteiger partial charge in [0.2, 0.25) is 0 Å². The molecule has 0 saturated carbocycles. The number of benzene rings is 2. The highest BCUT2D eigenvalue weighted by Gasteiger charge is 2.22. The van der Waals surface area contributed by atoms with Crippen molar-refractivity contribution >= 4 is 32.8 Å². The Hall–Kier alpha value is -2.42. The summed E-state index contributed by atoms with van der Waals surface area (Å²) in [5, 5.41) is 0. The average molecular weight is 500 g/mol. The molecule has 4 rings (SSSR count). The van der Waals surface area contributed by atoms with Crippen LogP contribution in [0.4, 0.5) is 0 Å². The smallest absolute Gasteiger partial charge is 0.272 e. The van der Waals surface area contributed by atoms with Crippen LogP contribution in [-0.2, 0) is 17.7 Å². The van der Waals surface area contributed by atoms with Crippen molar-refractivity contribution in [3.05, 3.63) is 80.4 Å². The predicted molar refractivity (Wildman–Crippen MR) is 126 cm³/mol. The van der Waals surface area contributed by atoms with Gasteiger partial charge >= 0.3 is 0 Å². The highest BCUT2D eigenvalue weighted by atomic mass is 79.9. The molecule has 3 aromatic rings. The standard InChI is InChI=1S/C23H22BrN3O3S/c1-3-10-30-20-13-19-17(12-18(20)24)23(15-6-5-7-16(11-15)31(29)4-2)25-14-21-26-22(28)8-9-27(19)21/h5-9,11-13H,3-4,10,14H2,1-2H3. The minimum atomic E-state index is -1.07. The average Bonchev–Trinajstić information content (AvgIpc) is 2.93. The Morgan fingerprint density at radius 1 is 1.23 bits per heavy atom. The van der Waals surface area contributed by atoms with Crippen LogP contribution < -0.4 is 10.3 Å². The molecule has 1 unspecified atom stereocenters. The fourth-order valence-electron chi connectivity index (χ4n) is 3.46. The Kier molecular flexibility index (Phi) is 6.60. The Labute approximate surface area is 192 Å². The lowest BCUT2D eigenvalue weighted by Crippen LogP contribution is -2.15. The number of aromatic nitrogens is 2. The molecule has 0 aliphatic carbocycles. The molecule has 0 amide bonds. The van der Waals surface area contributed by atoms with E-state index in [1.165, 1.54) is 6.07 Å². The first-order chi connectivity index (χ1) is 15.0. The van der Waals surface area contributed by atoms with E-state index in [0.29, 0.717) is 23.9 Å². The topological polar surface area (TPSA) is 79.5 Å². The van der Waals surface area contributed by atoms with Crippen molar-refractivity contribution in [2.75, 3.05) is 12.4 Å². The molecule has 0 bridgehead atoms. The highest BCUT2D eigenvalue weighted by Crippen LogP contribution is 2.34. The van der Waals surface area contributed by atoms with Crippen LogP contribution in [0.5, 0.6) is 5.75 Å². The number of fused-ring (bicyclic) bond motifs is 3. The lowest BCUT2D eigenvalue weighted by Gasteiger charge is -2.17. The SMILES string of the molecule is CCCOc1cc2c(cc1Br)C(c1cccc([S+]([O-])CC)c1)=NCc1nc(=O)ccn1-2. The molecule has 0 saturated heterocycles. The second-order valence-corrected chi connectivity index (χ2v) is 9.62. The van der Waals surface area contributed by atoms with Crippen LogP contribution in [0.1, 0.15) is 37.2 Å². The molecule has 2 heterocycles. The minimum Gasteiger partial charge on any atom is -0.611 e. The van der Waals surface area contributed by atoms with Gasteiger partial charge in [0.25, 0.3) is 5.56 Å². The highest BCUT2D eigenvalue weighted by molar-refractivity contribution is 9.10. The van der Waals surface area contributed by atoms with Crippen LogP contribution >= 0.6 is 15.9 Å². The summed E-state index contributed by atoms with van der Waals surface area (Å²) in [6.45, 7) is 4.80. The van der Waals surface area contributed by atoms with Gasteiger partial charge in [-0.15, -0.1) is 0 Å². The molecule has 1 aliphatic rings. The fourth-order valence-corrected chi connectivity index (χ4v) is 4.74. The zero-order valence-electron chi connectivity index (χ0n) is 17.3. The van der Waals surface area contributed by atoms with Crippen LogP contribution in [-0.4, -0.2) is 32.2 Å². The molecule has 8 heteroatoms. The van der Waals surface area contributed by atoms with Gasteiger partial charge in [-0.2, -0.15) is 4.98 Å². The third-order valence-electron chi connectivity index (χ3n) is 4.92. The molecule has 6 nitrogen and oxygen atoms in total. The molecule has 31 heavy (non-hydrogen) atoms. The van der Waals surface area contributed by atoms with E-state index >= 15 is 0 Å². The third kappa shape index (κ3) is 4.46. The molecule has 0 radical (unpaired) electrons. The molecule has 1 atom stereocenters. The molecule has 0 spiro atoms. The van der Waals surface area contributed by atoms with Crippen molar-refractivity contribution in [2.24, 2.45) is 4.99 Å². The number of hydrogen-bond acceptors (Lipinski definition) is 5. The number of hydrogen-bond donors (Lipinski definition) is 0. The zero-order chi connectivity index (χ0) is 22.0. The van der Waals surface area contributed by atoms with E-state index in [0.717, 1.165) is 38.3 Å². The monoisotopic (exact) mass is 499 g/mol. The van der Waals surface area contributed by atoms with Crippen LogP contribution in [0.2, 0.25) is 0 Å². The Bertz CT molecular complexity index is 1210. The largest absolute Gasteiger partial charge is 0.611 e. The van der Waals surface area contributed by atoms with Gasteiger partial charge in [0.1, 0.15) is 17.3 Å². The molecule has 2 aromatic carbocycles. The maximum Gasteiger partial charge on any atom is 0.272 e. The predicted octanol–water partition coefficient (Wildman–Crippen LogP) is 4.26. The second-order valence-electron chi connectivity index (χ2n) is 7.03. The van der Waals surface area contributed by atoms with Gasteiger partial charge in [0.15, 0.2) is 4.90 Å². The number of nitrogens with zero attached hydrogens (tertiary/aromatic N) is 3. The van der Waals surface area contributed by atoms with Crippen molar-refractivity contribution in [2.45, 2.75) is 31.7 Å². The van der Waals surface area contributed by atoms with E-state index in [9.17, 15) is 9.35 Å². The summed E-state index contributed by atoms with van der Waals surface area (Å²) in [6, 6.07) is 13.0. The normalized spacial score (nSPS) is 13.6. The minimum absolute atomic E-state index is 0.254. The van der Waals surface area contributed by atoms with Gasteiger partial charge in [-0.1, -0.05) is 19.1 Å². The molecule has 160 valence electrons. The molecule has 0 N–H and O–H groups in total. The van der Waals surface area contributed by atoms with E-state index in [1.54, 1.807) is 6.20 Å². The lowest BCUT2D eigenvalue weighted by atomic mass is 10.00. The molecular formula is C23H22BrN3O3S. The Morgan fingerprint density at radius 3 is 2.84 bits per heavy atom. The first-order valence-corrected chi connectivity index (χ1v) is 12.2. The Morgan fingerprint density at radius 2 is 2.06 bits per heavy atom. The maximum atomic E-state index is 12.4. The van der Waals surface area contributed by atoms with E-state index in [-0.39, 0.29) is 12.1 Å². The van der Waals surface area contributed by atoms with E-state index in [2.05, 4.69) is 27.8 Å². The summed E-state index contributed by atoms with van der Waals surface area (Å²) in [7, 11) is 0. The van der Waals surface area contributed by atoms with Crippen LogP contribution in [0.25, 0.3) is 5.69 Å². The van der Waals surface area contributed by atoms with Crippen molar-refractivity contribution < 1.29 is 9.29 Å². The summed E-state index contributed by atoms with van der Waals surface area (Å²) < 4.78 is 21.0. The fraction of sp³-hybridized carbons (Fsp3) is 0.261. The maximum absolute atomic E-state index is 12.4. The summed E-state index contributed by atoms with van der Waals surface area (Å²) in [4.78, 5) is 21.6. The number of aliphatic imine (C=N–C) groups is 1. The summed E-state index contributed by atoms with van der Waals surface area (Å²) in [5.41, 5.74) is 3.02. The molecular weight excluding hydrogens is 478 g/mol. The Balaban J connectivity index is 1.92. The number of rotatable bonds is 6. The number of halogens is 1. The third-order valence-corrected chi connectivity index (χ3v) is 6.85. The van der Waals surface area contributed by atoms with Gasteiger partial charge in [-0.05, 0) is 52.6 Å². The molecule has 1 aliphatic heterocycles. The first-order valence-electron chi connectivity index (χ1n) is 10.1. The van der Waals surface area contributed by atoms with Crippen molar-refractivity contribution in [3.8, 4) is 11.4 Å². The number of ether oxygens (including phenoxy) is 1. The second kappa shape index (κ2) is 9.38. The quantitative estimate of drug-likeness (QED) is 0.474. The van der Waals surface area contributed by atoms with Crippen molar-refractivity contribution in [1.82, 2.24) is 9.55 Å². The van der Waals surface area contributed by atoms with Crippen LogP contribution in [0, 0.1) is 0 Å². The summed E-state index contributed by atoms with van der Waals surface area (Å²) >= 11 is 2.56. The van der Waals surface area contributed by atoms with E-state index in [4.69, 9.17) is 9.73 Å². The lowest BCUT2D eigenvalue weighted by molar-refractivity contribution is 0.315. The molecule has 0 fully saturated rings. The van der Waals surface area contributed by atoms with Gasteiger partial charge in [0, 0.05) is 35.5 Å². The summed E-state index contributed by atoms with van der Waals surface area (Å²) in [6.07, 6.45) is 2.62. The van der Waals surface area contributed by atoms with Crippen LogP contribution in [0.3, 0.4) is 0 Å². The van der Waals surface area contributed by atoms with Crippen molar-refractivity contribution in [1.29, 1.82) is 0 Å². The van der Waals surface area contributed by atoms with E-state index < -0.39 is 11.2 Å². The van der Waals surface area contributed by atoms with Gasteiger partial charge < -0.3 is 13.9 Å². The first kappa shape index (κ1) is 21.8. The van der Waals surface area contributed by atoms with Crippen molar-refractivity contribution in [3.63, 3.8) is 0 Å². The van der Waals surface area contributed by atoms with Gasteiger partial charge in [-0.25, -0.2) is 0 Å².